The molecule has 0 fully saturated rings. The van der Waals surface area contributed by atoms with Gasteiger partial charge in [-0.2, -0.15) is 0 Å². The maximum absolute atomic E-state index is 6.40. The lowest BCUT2D eigenvalue weighted by molar-refractivity contribution is 0.551. The molecule has 0 saturated heterocycles. The quantitative estimate of drug-likeness (QED) is 0.889. The molecule has 102 valence electrons. The number of likely N-dealkylation sites (N-methyl/N-ethyl adjacent to an activating group) is 1. The van der Waals surface area contributed by atoms with E-state index in [1.807, 2.05) is 12.3 Å². The molecule has 0 radical (unpaired) electrons. The first-order valence-corrected chi connectivity index (χ1v) is 7.76. The Bertz CT molecular complexity index is 551. The summed E-state index contributed by atoms with van der Waals surface area (Å²) in [5.74, 6) is 0. The molecule has 0 saturated carbocycles. The van der Waals surface area contributed by atoms with Crippen LogP contribution in [0.15, 0.2) is 23.7 Å². The van der Waals surface area contributed by atoms with Gasteiger partial charge >= 0.3 is 0 Å². The molecular weight excluding hydrogens is 276 g/mol. The van der Waals surface area contributed by atoms with Crippen molar-refractivity contribution in [2.75, 3.05) is 6.54 Å². The summed E-state index contributed by atoms with van der Waals surface area (Å²) >= 11 is 8.12. The molecule has 2 heterocycles. The number of aryl methyl sites for hydroxylation is 2. The van der Waals surface area contributed by atoms with Crippen LogP contribution >= 0.6 is 22.9 Å². The second-order valence-electron chi connectivity index (χ2n) is 4.68. The predicted octanol–water partition coefficient (Wildman–Crippen LogP) is 4.31. The molecule has 2 aromatic rings. The molecule has 0 aliphatic heterocycles. The number of nitrogens with zero attached hydrogens (tertiary/aromatic N) is 1. The Morgan fingerprint density at radius 1 is 1.37 bits per heavy atom. The first-order chi connectivity index (χ1) is 9.13. The van der Waals surface area contributed by atoms with Crippen molar-refractivity contribution in [2.24, 2.45) is 0 Å². The van der Waals surface area contributed by atoms with Crippen molar-refractivity contribution in [3.63, 3.8) is 0 Å². The van der Waals surface area contributed by atoms with Crippen molar-refractivity contribution in [2.45, 2.75) is 33.2 Å². The zero-order valence-corrected chi connectivity index (χ0v) is 13.1. The van der Waals surface area contributed by atoms with Crippen LogP contribution in [0.2, 0.25) is 5.02 Å². The van der Waals surface area contributed by atoms with E-state index in [0.29, 0.717) is 0 Å². The highest BCUT2D eigenvalue weighted by molar-refractivity contribution is 7.10. The third-order valence-electron chi connectivity index (χ3n) is 3.21. The number of halogens is 1. The van der Waals surface area contributed by atoms with Crippen LogP contribution in [0.3, 0.4) is 0 Å². The van der Waals surface area contributed by atoms with Gasteiger partial charge in [0.05, 0.1) is 5.02 Å². The summed E-state index contributed by atoms with van der Waals surface area (Å²) in [6.07, 6.45) is 2.73. The number of hydrogen-bond acceptors (Lipinski definition) is 3. The Kier molecular flexibility index (Phi) is 4.97. The van der Waals surface area contributed by atoms with Crippen molar-refractivity contribution in [3.05, 3.63) is 50.4 Å². The van der Waals surface area contributed by atoms with Crippen LogP contribution in [0.1, 0.15) is 34.7 Å². The minimum absolute atomic E-state index is 0.241. The van der Waals surface area contributed by atoms with Crippen LogP contribution in [-0.4, -0.2) is 11.5 Å². The Morgan fingerprint density at radius 2 is 2.16 bits per heavy atom. The largest absolute Gasteiger partial charge is 0.309 e. The normalized spacial score (nSPS) is 12.6. The van der Waals surface area contributed by atoms with Crippen molar-refractivity contribution in [1.82, 2.24) is 10.3 Å². The Morgan fingerprint density at radius 3 is 2.74 bits per heavy atom. The summed E-state index contributed by atoms with van der Waals surface area (Å²) in [5, 5.41) is 6.53. The Balaban J connectivity index is 2.26. The fourth-order valence-electron chi connectivity index (χ4n) is 2.11. The van der Waals surface area contributed by atoms with Gasteiger partial charge in [0.1, 0.15) is 0 Å². The molecule has 2 rings (SSSR count). The average Bonchev–Trinajstić information content (AvgIpc) is 2.72. The van der Waals surface area contributed by atoms with Gasteiger partial charge in [0.25, 0.3) is 0 Å². The summed E-state index contributed by atoms with van der Waals surface area (Å²) in [6, 6.07) is 4.32. The maximum atomic E-state index is 6.40. The molecule has 1 N–H and O–H groups in total. The lowest BCUT2D eigenvalue weighted by Gasteiger charge is -2.18. The number of hydrogen-bond donors (Lipinski definition) is 1. The highest BCUT2D eigenvalue weighted by Gasteiger charge is 2.18. The molecule has 1 unspecified atom stereocenters. The number of rotatable bonds is 5. The zero-order chi connectivity index (χ0) is 13.8. The van der Waals surface area contributed by atoms with Crippen LogP contribution in [0.4, 0.5) is 0 Å². The molecule has 0 amide bonds. The molecule has 0 aromatic carbocycles. The van der Waals surface area contributed by atoms with Gasteiger partial charge in [0.2, 0.25) is 0 Å². The number of nitrogens with one attached hydrogen (secondary N) is 1. The van der Waals surface area contributed by atoms with Crippen molar-refractivity contribution in [1.29, 1.82) is 0 Å². The summed E-state index contributed by atoms with van der Waals surface area (Å²) in [6.45, 7) is 7.19. The van der Waals surface area contributed by atoms with E-state index < -0.39 is 0 Å². The van der Waals surface area contributed by atoms with E-state index >= 15 is 0 Å². The van der Waals surface area contributed by atoms with Crippen LogP contribution in [-0.2, 0) is 6.42 Å². The summed E-state index contributed by atoms with van der Waals surface area (Å²) in [4.78, 5) is 5.70. The topological polar surface area (TPSA) is 24.9 Å². The highest BCUT2D eigenvalue weighted by Crippen LogP contribution is 2.34. The van der Waals surface area contributed by atoms with Gasteiger partial charge in [0.15, 0.2) is 0 Å². The number of pyridine rings is 1. The lowest BCUT2D eigenvalue weighted by atomic mass is 10.1. The van der Waals surface area contributed by atoms with Crippen molar-refractivity contribution >= 4 is 22.9 Å². The van der Waals surface area contributed by atoms with E-state index in [2.05, 4.69) is 42.5 Å². The molecule has 19 heavy (non-hydrogen) atoms. The fourth-order valence-corrected chi connectivity index (χ4v) is 3.52. The third-order valence-corrected chi connectivity index (χ3v) is 5.04. The lowest BCUT2D eigenvalue weighted by Crippen LogP contribution is -2.23. The molecular formula is C15H19ClN2S. The van der Waals surface area contributed by atoms with Gasteiger partial charge in [-0.3, -0.25) is 4.98 Å². The SMILES string of the molecule is CCNC(Cc1ncccc1C)c1scc(C)c1Cl. The molecule has 4 heteroatoms. The van der Waals surface area contributed by atoms with E-state index in [1.54, 1.807) is 11.3 Å². The average molecular weight is 295 g/mol. The van der Waals surface area contributed by atoms with Crippen molar-refractivity contribution in [3.8, 4) is 0 Å². The summed E-state index contributed by atoms with van der Waals surface area (Å²) in [5.41, 5.74) is 3.52. The standard InChI is InChI=1S/C15H19ClN2S/c1-4-17-13(15-14(16)11(3)9-19-15)8-12-10(2)6-5-7-18-12/h5-7,9,13,17H,4,8H2,1-3H3. The minimum atomic E-state index is 0.241. The van der Waals surface area contributed by atoms with E-state index in [0.717, 1.165) is 29.2 Å². The first kappa shape index (κ1) is 14.5. The molecule has 1 atom stereocenters. The second-order valence-corrected chi connectivity index (χ2v) is 5.97. The Labute approximate surface area is 123 Å². The first-order valence-electron chi connectivity index (χ1n) is 6.50. The summed E-state index contributed by atoms with van der Waals surface area (Å²) in [7, 11) is 0. The van der Waals surface area contributed by atoms with Gasteiger partial charge in [-0.15, -0.1) is 11.3 Å². The van der Waals surface area contributed by atoms with E-state index in [4.69, 9.17) is 11.6 Å². The molecule has 0 bridgehead atoms. The molecule has 2 aromatic heterocycles. The predicted molar refractivity (Wildman–Crippen MR) is 83.2 cm³/mol. The van der Waals surface area contributed by atoms with E-state index in [1.165, 1.54) is 10.4 Å². The van der Waals surface area contributed by atoms with Gasteiger partial charge in [-0.25, -0.2) is 0 Å². The zero-order valence-electron chi connectivity index (χ0n) is 11.5. The number of aromatic nitrogens is 1. The number of thiophene rings is 1. The summed E-state index contributed by atoms with van der Waals surface area (Å²) < 4.78 is 0. The van der Waals surface area contributed by atoms with Gasteiger partial charge < -0.3 is 5.32 Å². The van der Waals surface area contributed by atoms with E-state index in [9.17, 15) is 0 Å². The van der Waals surface area contributed by atoms with E-state index in [-0.39, 0.29) is 6.04 Å². The van der Waals surface area contributed by atoms with Gasteiger partial charge in [-0.05, 0) is 43.0 Å². The highest BCUT2D eigenvalue weighted by atomic mass is 35.5. The fraction of sp³-hybridized carbons (Fsp3) is 0.400. The molecule has 0 spiro atoms. The third kappa shape index (κ3) is 3.35. The molecule has 2 nitrogen and oxygen atoms in total. The molecule has 0 aliphatic rings. The van der Waals surface area contributed by atoms with Gasteiger partial charge in [0, 0.05) is 29.2 Å². The second kappa shape index (κ2) is 6.51. The Hall–Kier alpha value is -0.900. The van der Waals surface area contributed by atoms with Crippen LogP contribution < -0.4 is 5.32 Å². The van der Waals surface area contributed by atoms with Crippen molar-refractivity contribution < 1.29 is 0 Å². The smallest absolute Gasteiger partial charge is 0.0590 e. The van der Waals surface area contributed by atoms with Crippen LogP contribution in [0, 0.1) is 13.8 Å². The minimum Gasteiger partial charge on any atom is -0.309 e. The maximum Gasteiger partial charge on any atom is 0.0590 e. The molecule has 0 aliphatic carbocycles. The van der Waals surface area contributed by atoms with Crippen LogP contribution in [0.5, 0.6) is 0 Å². The van der Waals surface area contributed by atoms with Crippen LogP contribution in [0.25, 0.3) is 0 Å². The monoisotopic (exact) mass is 294 g/mol. The van der Waals surface area contributed by atoms with Gasteiger partial charge in [-0.1, -0.05) is 24.6 Å².